The molecule has 1 heterocycles. The Balaban J connectivity index is 2.08. The summed E-state index contributed by atoms with van der Waals surface area (Å²) in [7, 11) is 0. The van der Waals surface area contributed by atoms with Crippen LogP contribution in [-0.2, 0) is 23.0 Å². The average molecular weight is 400 g/mol. The van der Waals surface area contributed by atoms with Gasteiger partial charge in [0.25, 0.3) is 0 Å². The second-order valence-electron chi connectivity index (χ2n) is 5.35. The minimum absolute atomic E-state index is 0.115. The van der Waals surface area contributed by atoms with Crippen LogP contribution in [0.2, 0.25) is 0 Å². The van der Waals surface area contributed by atoms with Gasteiger partial charge in [0.2, 0.25) is 0 Å². The maximum absolute atomic E-state index is 13.1. The molecule has 3 nitrogen and oxygen atoms in total. The lowest BCUT2D eigenvalue weighted by Crippen LogP contribution is -2.03. The summed E-state index contributed by atoms with van der Waals surface area (Å²) < 4.78 is 73.9. The molecule has 0 N–H and O–H groups in total. The average Bonchev–Trinajstić information content (AvgIpc) is 3.01. The molecule has 136 valence electrons. The quantitative estimate of drug-likeness (QED) is 0.457. The van der Waals surface area contributed by atoms with Gasteiger partial charge in [0.15, 0.2) is 5.01 Å². The number of thiazole rings is 1. The first-order chi connectivity index (χ1) is 12.2. The molecule has 26 heavy (non-hydrogen) atoms. The molecule has 3 aromatic rings. The number of alkyl halides is 3. The van der Waals surface area contributed by atoms with Crippen LogP contribution >= 0.6 is 11.3 Å². The number of benzene rings is 2. The molecule has 1 unspecified atom stereocenters. The fourth-order valence-electron chi connectivity index (χ4n) is 2.33. The van der Waals surface area contributed by atoms with Gasteiger partial charge in [-0.1, -0.05) is 47.5 Å². The molecule has 0 aliphatic heterocycles. The second kappa shape index (κ2) is 7.26. The molecule has 0 aliphatic carbocycles. The third kappa shape index (κ3) is 4.17. The van der Waals surface area contributed by atoms with E-state index in [4.69, 9.17) is 0 Å². The lowest BCUT2D eigenvalue weighted by molar-refractivity contribution is -0.137. The summed E-state index contributed by atoms with van der Waals surface area (Å²) in [6.45, 7) is 0. The van der Waals surface area contributed by atoms with Crippen LogP contribution in [0, 0.1) is 5.82 Å². The van der Waals surface area contributed by atoms with Crippen molar-refractivity contribution in [3.05, 3.63) is 64.9 Å². The molecule has 0 saturated heterocycles. The highest BCUT2D eigenvalue weighted by atomic mass is 32.2. The van der Waals surface area contributed by atoms with E-state index in [1.54, 1.807) is 0 Å². The van der Waals surface area contributed by atoms with Gasteiger partial charge < -0.3 is 4.55 Å². The van der Waals surface area contributed by atoms with Gasteiger partial charge in [0.1, 0.15) is 5.82 Å². The summed E-state index contributed by atoms with van der Waals surface area (Å²) in [6, 6.07) is 11.2. The first-order valence-corrected chi connectivity index (χ1v) is 9.29. The van der Waals surface area contributed by atoms with E-state index in [2.05, 4.69) is 4.98 Å². The molecule has 0 saturated carbocycles. The van der Waals surface area contributed by atoms with Crippen LogP contribution < -0.4 is 0 Å². The van der Waals surface area contributed by atoms with Crippen LogP contribution in [0.25, 0.3) is 21.7 Å². The minimum Gasteiger partial charge on any atom is -0.772 e. The van der Waals surface area contributed by atoms with Gasteiger partial charge in [0, 0.05) is 11.3 Å². The van der Waals surface area contributed by atoms with Gasteiger partial charge >= 0.3 is 6.18 Å². The van der Waals surface area contributed by atoms with Crippen LogP contribution in [0.5, 0.6) is 0 Å². The van der Waals surface area contributed by atoms with E-state index >= 15 is 0 Å². The molecule has 0 spiro atoms. The Labute approximate surface area is 152 Å². The van der Waals surface area contributed by atoms with Gasteiger partial charge in [-0.2, -0.15) is 13.2 Å². The number of hydrogen-bond acceptors (Lipinski definition) is 4. The summed E-state index contributed by atoms with van der Waals surface area (Å²) in [5.41, 5.74) is 1.45. The molecule has 0 amide bonds. The molecule has 0 fully saturated rings. The molecule has 2 aromatic carbocycles. The molecule has 0 radical (unpaired) electrons. The monoisotopic (exact) mass is 400 g/mol. The van der Waals surface area contributed by atoms with Crippen molar-refractivity contribution >= 4 is 22.4 Å². The van der Waals surface area contributed by atoms with E-state index in [1.165, 1.54) is 48.5 Å². The molecule has 1 aromatic heterocycles. The molecule has 3 rings (SSSR count). The van der Waals surface area contributed by atoms with Crippen molar-refractivity contribution in [3.63, 3.8) is 0 Å². The Bertz CT molecular complexity index is 935. The van der Waals surface area contributed by atoms with E-state index in [-0.39, 0.29) is 16.3 Å². The summed E-state index contributed by atoms with van der Waals surface area (Å²) in [5.74, 6) is -0.679. The first kappa shape index (κ1) is 18.7. The molecule has 0 aliphatic rings. The highest BCUT2D eigenvalue weighted by Crippen LogP contribution is 2.42. The zero-order valence-electron chi connectivity index (χ0n) is 12.9. The van der Waals surface area contributed by atoms with Crippen molar-refractivity contribution in [2.24, 2.45) is 0 Å². The smallest absolute Gasteiger partial charge is 0.443 e. The topological polar surface area (TPSA) is 53.0 Å². The van der Waals surface area contributed by atoms with E-state index in [0.29, 0.717) is 28.0 Å². The third-order valence-corrected chi connectivity index (χ3v) is 5.21. The predicted molar refractivity (Wildman–Crippen MR) is 90.6 cm³/mol. The van der Waals surface area contributed by atoms with Crippen molar-refractivity contribution in [2.45, 2.75) is 11.9 Å². The Morgan fingerprint density at radius 3 is 2.12 bits per heavy atom. The van der Waals surface area contributed by atoms with Crippen LogP contribution in [0.4, 0.5) is 17.6 Å². The standard InChI is InChI=1S/C17H11F4NO2S2/c18-13-7-5-12(6-8-13)15-14(22-16(25-15)17(19,20)21)11-3-1-10(2-4-11)9-26(23)24/h1-8H,9H2,(H,23,24)/p-1. The maximum Gasteiger partial charge on any atom is 0.443 e. The van der Waals surface area contributed by atoms with Crippen molar-refractivity contribution in [1.82, 2.24) is 4.98 Å². The molecule has 1 atom stereocenters. The lowest BCUT2D eigenvalue weighted by Gasteiger charge is -2.07. The highest BCUT2D eigenvalue weighted by Gasteiger charge is 2.36. The number of aromatic nitrogens is 1. The summed E-state index contributed by atoms with van der Waals surface area (Å²) in [6.07, 6.45) is -4.60. The molecule has 9 heteroatoms. The summed E-state index contributed by atoms with van der Waals surface area (Å²) in [5, 5.41) is -1.00. The highest BCUT2D eigenvalue weighted by molar-refractivity contribution is 7.78. The Morgan fingerprint density at radius 1 is 1.00 bits per heavy atom. The molecular weight excluding hydrogens is 390 g/mol. The van der Waals surface area contributed by atoms with Crippen LogP contribution in [0.3, 0.4) is 0 Å². The van der Waals surface area contributed by atoms with E-state index in [0.717, 1.165) is 0 Å². The SMILES string of the molecule is O=S([O-])Cc1ccc(-c2nc(C(F)(F)F)sc2-c2ccc(F)cc2)cc1. The Morgan fingerprint density at radius 2 is 1.58 bits per heavy atom. The molecular formula is C17H10F4NO2S2-. The van der Waals surface area contributed by atoms with Gasteiger partial charge in [-0.05, 0) is 23.3 Å². The summed E-state index contributed by atoms with van der Waals surface area (Å²) >= 11 is -1.78. The first-order valence-electron chi connectivity index (χ1n) is 7.23. The second-order valence-corrected chi connectivity index (χ2v) is 7.24. The van der Waals surface area contributed by atoms with E-state index in [9.17, 15) is 26.3 Å². The van der Waals surface area contributed by atoms with Crippen LogP contribution in [0.1, 0.15) is 10.6 Å². The molecule has 0 bridgehead atoms. The third-order valence-electron chi connectivity index (χ3n) is 3.49. The van der Waals surface area contributed by atoms with Crippen molar-refractivity contribution < 1.29 is 26.3 Å². The zero-order valence-corrected chi connectivity index (χ0v) is 14.6. The van der Waals surface area contributed by atoms with Crippen molar-refractivity contribution in [1.29, 1.82) is 0 Å². The van der Waals surface area contributed by atoms with Gasteiger partial charge in [0.05, 0.1) is 10.6 Å². The minimum atomic E-state index is -4.60. The number of nitrogens with zero attached hydrogens (tertiary/aromatic N) is 1. The van der Waals surface area contributed by atoms with Crippen LogP contribution in [-0.4, -0.2) is 13.7 Å². The Hall–Kier alpha value is -2.10. The normalized spacial score (nSPS) is 13.0. The van der Waals surface area contributed by atoms with Crippen LogP contribution in [0.15, 0.2) is 48.5 Å². The van der Waals surface area contributed by atoms with Gasteiger partial charge in [-0.25, -0.2) is 9.37 Å². The van der Waals surface area contributed by atoms with Gasteiger partial charge in [-0.15, -0.1) is 11.3 Å². The Kier molecular flexibility index (Phi) is 5.22. The van der Waals surface area contributed by atoms with E-state index < -0.39 is 28.1 Å². The number of halogens is 4. The number of rotatable bonds is 4. The predicted octanol–water partition coefficient (Wildman–Crippen LogP) is 5.01. The largest absolute Gasteiger partial charge is 0.772 e. The maximum atomic E-state index is 13.1. The zero-order chi connectivity index (χ0) is 18.9. The fourth-order valence-corrected chi connectivity index (χ4v) is 3.75. The van der Waals surface area contributed by atoms with Gasteiger partial charge in [-0.3, -0.25) is 4.21 Å². The fraction of sp³-hybridized carbons (Fsp3) is 0.118. The lowest BCUT2D eigenvalue weighted by atomic mass is 10.1. The van der Waals surface area contributed by atoms with Crippen molar-refractivity contribution in [3.8, 4) is 21.7 Å². The van der Waals surface area contributed by atoms with E-state index in [1.807, 2.05) is 0 Å². The van der Waals surface area contributed by atoms with Crippen molar-refractivity contribution in [2.75, 3.05) is 0 Å². The number of hydrogen-bond donors (Lipinski definition) is 0. The summed E-state index contributed by atoms with van der Waals surface area (Å²) in [4.78, 5) is 3.98.